The molecule has 1 aromatic rings. The molecule has 0 spiro atoms. The van der Waals surface area contributed by atoms with Crippen LogP contribution in [-0.2, 0) is 31.4 Å². The Morgan fingerprint density at radius 2 is 2.00 bits per heavy atom. The van der Waals surface area contributed by atoms with Gasteiger partial charge in [-0.25, -0.2) is 13.2 Å². The summed E-state index contributed by atoms with van der Waals surface area (Å²) >= 11 is 0. The summed E-state index contributed by atoms with van der Waals surface area (Å²) in [4.78, 5) is 26.3. The SMILES string of the molecule is Cc1nn(C)c(C)c1NC(=O)C(C)OC(=O)C1=CN2CCS(=O)(=O)N=C2C=C1. The molecule has 0 radical (unpaired) electrons. The Balaban J connectivity index is 1.65. The average Bonchev–Trinajstić information content (AvgIpc) is 2.86. The van der Waals surface area contributed by atoms with Gasteiger partial charge in [-0.1, -0.05) is 0 Å². The van der Waals surface area contributed by atoms with Crippen LogP contribution in [0.2, 0.25) is 0 Å². The molecule has 3 heterocycles. The molecule has 0 aromatic carbocycles. The monoisotopic (exact) mass is 407 g/mol. The fraction of sp³-hybridized carbons (Fsp3) is 0.412. The molecule has 0 saturated heterocycles. The number of carbonyl (C=O) groups is 2. The lowest BCUT2D eigenvalue weighted by atomic mass is 10.2. The number of amides is 1. The molecule has 11 heteroatoms. The number of ether oxygens (including phenoxy) is 1. The molecule has 0 aliphatic carbocycles. The van der Waals surface area contributed by atoms with Gasteiger partial charge in [0.1, 0.15) is 5.84 Å². The van der Waals surface area contributed by atoms with Gasteiger partial charge in [0, 0.05) is 19.8 Å². The van der Waals surface area contributed by atoms with Crippen molar-refractivity contribution in [2.24, 2.45) is 11.4 Å². The number of anilines is 1. The number of aryl methyl sites for hydroxylation is 2. The van der Waals surface area contributed by atoms with Crippen molar-refractivity contribution in [3.8, 4) is 0 Å². The number of sulfonamides is 1. The molecule has 28 heavy (non-hydrogen) atoms. The molecule has 2 aliphatic heterocycles. The normalized spacial score (nSPS) is 18.6. The fourth-order valence-electron chi connectivity index (χ4n) is 2.78. The molecule has 10 nitrogen and oxygen atoms in total. The fourth-order valence-corrected chi connectivity index (χ4v) is 3.75. The van der Waals surface area contributed by atoms with E-state index in [2.05, 4.69) is 14.8 Å². The van der Waals surface area contributed by atoms with Crippen LogP contribution in [0.25, 0.3) is 0 Å². The zero-order chi connectivity index (χ0) is 20.6. The van der Waals surface area contributed by atoms with Crippen molar-refractivity contribution in [1.82, 2.24) is 14.7 Å². The molecule has 0 fully saturated rings. The third kappa shape index (κ3) is 3.98. The number of rotatable bonds is 4. The summed E-state index contributed by atoms with van der Waals surface area (Å²) in [6, 6.07) is 0. The largest absolute Gasteiger partial charge is 0.449 e. The Bertz CT molecular complexity index is 1030. The van der Waals surface area contributed by atoms with Crippen molar-refractivity contribution in [2.75, 3.05) is 17.6 Å². The number of carbonyl (C=O) groups excluding carboxylic acids is 2. The number of esters is 1. The van der Waals surface area contributed by atoms with E-state index in [1.54, 1.807) is 23.6 Å². The van der Waals surface area contributed by atoms with E-state index in [9.17, 15) is 18.0 Å². The minimum Gasteiger partial charge on any atom is -0.449 e. The molecule has 150 valence electrons. The zero-order valence-corrected chi connectivity index (χ0v) is 16.8. The number of aromatic nitrogens is 2. The first kappa shape index (κ1) is 19.8. The summed E-state index contributed by atoms with van der Waals surface area (Å²) in [6.45, 7) is 5.26. The summed E-state index contributed by atoms with van der Waals surface area (Å²) in [7, 11) is -1.70. The van der Waals surface area contributed by atoms with E-state index in [4.69, 9.17) is 4.74 Å². The van der Waals surface area contributed by atoms with E-state index < -0.39 is 28.0 Å². The smallest absolute Gasteiger partial charge is 0.340 e. The molecular formula is C17H21N5O5S. The first-order chi connectivity index (χ1) is 13.1. The van der Waals surface area contributed by atoms with Crippen molar-refractivity contribution in [3.63, 3.8) is 0 Å². The lowest BCUT2D eigenvalue weighted by Gasteiger charge is -2.27. The van der Waals surface area contributed by atoms with Crippen LogP contribution in [0.3, 0.4) is 0 Å². The van der Waals surface area contributed by atoms with Gasteiger partial charge < -0.3 is 15.0 Å². The third-order valence-corrected chi connectivity index (χ3v) is 5.63. The number of amidine groups is 1. The molecule has 1 N–H and O–H groups in total. The molecule has 3 rings (SSSR count). The molecule has 1 atom stereocenters. The highest BCUT2D eigenvalue weighted by atomic mass is 32.2. The van der Waals surface area contributed by atoms with Crippen molar-refractivity contribution >= 4 is 33.4 Å². The van der Waals surface area contributed by atoms with Crippen LogP contribution in [0.5, 0.6) is 0 Å². The maximum atomic E-state index is 12.4. The van der Waals surface area contributed by atoms with Crippen LogP contribution in [-0.4, -0.2) is 59.2 Å². The highest BCUT2D eigenvalue weighted by Crippen LogP contribution is 2.20. The number of nitrogens with one attached hydrogen (secondary N) is 1. The lowest BCUT2D eigenvalue weighted by molar-refractivity contribution is -0.149. The second-order valence-electron chi connectivity index (χ2n) is 6.55. The number of nitrogens with zero attached hydrogens (tertiary/aromatic N) is 4. The third-order valence-electron chi connectivity index (χ3n) is 4.47. The maximum absolute atomic E-state index is 12.4. The van der Waals surface area contributed by atoms with Crippen LogP contribution in [0.1, 0.15) is 18.3 Å². The van der Waals surface area contributed by atoms with Crippen LogP contribution >= 0.6 is 0 Å². The summed E-state index contributed by atoms with van der Waals surface area (Å²) in [5.41, 5.74) is 2.24. The van der Waals surface area contributed by atoms with Crippen LogP contribution < -0.4 is 5.32 Å². The molecule has 0 bridgehead atoms. The Kier molecular flexibility index (Phi) is 5.11. The average molecular weight is 407 g/mol. The van der Waals surface area contributed by atoms with E-state index in [-0.39, 0.29) is 23.7 Å². The van der Waals surface area contributed by atoms with Crippen molar-refractivity contribution < 1.29 is 22.7 Å². The topological polar surface area (TPSA) is 123 Å². The molecule has 1 amide bonds. The summed E-state index contributed by atoms with van der Waals surface area (Å²) in [5.74, 6) is -1.05. The summed E-state index contributed by atoms with van der Waals surface area (Å²) < 4.78 is 33.6. The highest BCUT2D eigenvalue weighted by molar-refractivity contribution is 7.90. The Morgan fingerprint density at radius 1 is 1.29 bits per heavy atom. The first-order valence-corrected chi connectivity index (χ1v) is 10.2. The first-order valence-electron chi connectivity index (χ1n) is 8.58. The number of hydrogen-bond acceptors (Lipinski definition) is 7. The van der Waals surface area contributed by atoms with Gasteiger partial charge in [0.05, 0.1) is 28.4 Å². The molecule has 1 aromatic heterocycles. The van der Waals surface area contributed by atoms with Gasteiger partial charge in [-0.15, -0.1) is 4.40 Å². The van der Waals surface area contributed by atoms with E-state index in [1.807, 2.05) is 6.92 Å². The molecule has 1 unspecified atom stereocenters. The quantitative estimate of drug-likeness (QED) is 0.717. The number of fused-ring (bicyclic) bond motifs is 1. The minimum atomic E-state index is -3.47. The van der Waals surface area contributed by atoms with Gasteiger partial charge >= 0.3 is 5.97 Å². The lowest BCUT2D eigenvalue weighted by Crippen LogP contribution is -2.37. The molecule has 2 aliphatic rings. The van der Waals surface area contributed by atoms with Gasteiger partial charge in [0.2, 0.25) is 0 Å². The van der Waals surface area contributed by atoms with Crippen molar-refractivity contribution in [1.29, 1.82) is 0 Å². The van der Waals surface area contributed by atoms with Crippen molar-refractivity contribution in [3.05, 3.63) is 35.3 Å². The minimum absolute atomic E-state index is 0.133. The van der Waals surface area contributed by atoms with E-state index in [1.165, 1.54) is 25.3 Å². The molecular weight excluding hydrogens is 386 g/mol. The Labute approximate surface area is 162 Å². The predicted molar refractivity (Wildman–Crippen MR) is 102 cm³/mol. The van der Waals surface area contributed by atoms with Gasteiger partial charge in [-0.05, 0) is 32.9 Å². The van der Waals surface area contributed by atoms with Crippen molar-refractivity contribution in [2.45, 2.75) is 26.9 Å². The van der Waals surface area contributed by atoms with Crippen LogP contribution in [0.15, 0.2) is 28.3 Å². The Hall–Kier alpha value is -2.95. The highest BCUT2D eigenvalue weighted by Gasteiger charge is 2.27. The standard InChI is InChI=1S/C17H21N5O5S/c1-10-15(11(2)21(4)19-10)18-16(23)12(3)27-17(24)13-5-6-14-20-28(25,26)8-7-22(14)9-13/h5-6,9,12H,7-8H2,1-4H3,(H,18,23). The second-order valence-corrected chi connectivity index (χ2v) is 8.31. The van der Waals surface area contributed by atoms with Gasteiger partial charge in [-0.3, -0.25) is 9.48 Å². The van der Waals surface area contributed by atoms with Crippen LogP contribution in [0, 0.1) is 13.8 Å². The summed E-state index contributed by atoms with van der Waals surface area (Å²) in [5, 5.41) is 6.95. The zero-order valence-electron chi connectivity index (χ0n) is 16.0. The second kappa shape index (κ2) is 7.23. The van der Waals surface area contributed by atoms with E-state index in [0.717, 1.165) is 5.69 Å². The van der Waals surface area contributed by atoms with Gasteiger partial charge in [0.25, 0.3) is 15.9 Å². The Morgan fingerprint density at radius 3 is 2.64 bits per heavy atom. The van der Waals surface area contributed by atoms with Gasteiger partial charge in [-0.2, -0.15) is 5.10 Å². The maximum Gasteiger partial charge on any atom is 0.340 e. The van der Waals surface area contributed by atoms with E-state index in [0.29, 0.717) is 11.4 Å². The predicted octanol–water partition coefficient (Wildman–Crippen LogP) is 0.405. The number of hydrogen-bond donors (Lipinski definition) is 1. The van der Waals surface area contributed by atoms with E-state index >= 15 is 0 Å². The molecule has 0 saturated carbocycles. The van der Waals surface area contributed by atoms with Crippen LogP contribution in [0.4, 0.5) is 5.69 Å². The summed E-state index contributed by atoms with van der Waals surface area (Å²) in [6.07, 6.45) is 3.28. The van der Waals surface area contributed by atoms with Gasteiger partial charge in [0.15, 0.2) is 6.10 Å².